The van der Waals surface area contributed by atoms with Crippen molar-refractivity contribution < 1.29 is 9.18 Å². The predicted molar refractivity (Wildman–Crippen MR) is 85.5 cm³/mol. The Morgan fingerprint density at radius 3 is 3.00 bits per heavy atom. The van der Waals surface area contributed by atoms with Crippen LogP contribution in [0.15, 0.2) is 30.5 Å². The zero-order chi connectivity index (χ0) is 15.4. The number of halogens is 1. The summed E-state index contributed by atoms with van der Waals surface area (Å²) < 4.78 is 13.2. The van der Waals surface area contributed by atoms with E-state index in [-0.39, 0.29) is 17.6 Å². The molecule has 22 heavy (non-hydrogen) atoms. The van der Waals surface area contributed by atoms with Gasteiger partial charge in [-0.3, -0.25) is 4.79 Å². The van der Waals surface area contributed by atoms with Crippen LogP contribution in [0.2, 0.25) is 0 Å². The van der Waals surface area contributed by atoms with Gasteiger partial charge >= 0.3 is 0 Å². The van der Waals surface area contributed by atoms with Crippen LogP contribution in [0.1, 0.15) is 23.3 Å². The highest BCUT2D eigenvalue weighted by Gasteiger charge is 2.21. The maximum Gasteiger partial charge on any atom is 0.229 e. The van der Waals surface area contributed by atoms with Gasteiger partial charge in [-0.15, -0.1) is 11.3 Å². The summed E-state index contributed by atoms with van der Waals surface area (Å²) in [4.78, 5) is 17.4. The van der Waals surface area contributed by atoms with Crippen molar-refractivity contribution >= 4 is 22.4 Å². The Balaban J connectivity index is 1.60. The summed E-state index contributed by atoms with van der Waals surface area (Å²) >= 11 is 1.44. The van der Waals surface area contributed by atoms with E-state index in [0.717, 1.165) is 36.4 Å². The van der Waals surface area contributed by atoms with E-state index in [9.17, 15) is 9.18 Å². The fraction of sp³-hybridized carbons (Fsp3) is 0.375. The van der Waals surface area contributed by atoms with Crippen LogP contribution in [-0.4, -0.2) is 24.0 Å². The van der Waals surface area contributed by atoms with Gasteiger partial charge < -0.3 is 10.6 Å². The molecule has 0 spiro atoms. The molecule has 1 amide bonds. The van der Waals surface area contributed by atoms with E-state index >= 15 is 0 Å². The first kappa shape index (κ1) is 15.1. The molecular weight excluding hydrogens is 301 g/mol. The highest BCUT2D eigenvalue weighted by molar-refractivity contribution is 7.15. The molecule has 1 saturated heterocycles. The number of rotatable bonds is 4. The third-order valence-electron chi connectivity index (χ3n) is 3.76. The van der Waals surface area contributed by atoms with Crippen molar-refractivity contribution in [3.63, 3.8) is 0 Å². The first-order chi connectivity index (χ1) is 10.7. The van der Waals surface area contributed by atoms with Crippen LogP contribution < -0.4 is 10.6 Å². The number of hydrogen-bond donors (Lipinski definition) is 2. The summed E-state index contributed by atoms with van der Waals surface area (Å²) in [7, 11) is 0. The number of hydrogen-bond acceptors (Lipinski definition) is 4. The molecule has 0 radical (unpaired) electrons. The van der Waals surface area contributed by atoms with Crippen molar-refractivity contribution in [2.24, 2.45) is 5.92 Å². The number of nitrogens with zero attached hydrogens (tertiary/aromatic N) is 1. The largest absolute Gasteiger partial charge is 0.317 e. The quantitative estimate of drug-likeness (QED) is 0.911. The summed E-state index contributed by atoms with van der Waals surface area (Å²) in [6.45, 7) is 1.78. The molecule has 1 aliphatic heterocycles. The molecule has 1 fully saturated rings. The van der Waals surface area contributed by atoms with Crippen molar-refractivity contribution in [1.29, 1.82) is 0 Å². The van der Waals surface area contributed by atoms with Gasteiger partial charge in [0.15, 0.2) is 5.13 Å². The van der Waals surface area contributed by atoms with Gasteiger partial charge in [-0.25, -0.2) is 9.37 Å². The smallest absolute Gasteiger partial charge is 0.229 e. The number of anilines is 1. The molecule has 1 aliphatic rings. The highest BCUT2D eigenvalue weighted by Crippen LogP contribution is 2.23. The number of nitrogens with one attached hydrogen (secondary N) is 2. The maximum absolute atomic E-state index is 13.2. The highest BCUT2D eigenvalue weighted by atomic mass is 32.1. The van der Waals surface area contributed by atoms with Gasteiger partial charge in [0, 0.05) is 23.4 Å². The molecule has 0 atom stereocenters. The van der Waals surface area contributed by atoms with Gasteiger partial charge in [-0.05, 0) is 43.6 Å². The Hall–Kier alpha value is -1.79. The monoisotopic (exact) mass is 319 g/mol. The maximum atomic E-state index is 13.2. The van der Waals surface area contributed by atoms with Crippen LogP contribution >= 0.6 is 11.3 Å². The molecule has 4 nitrogen and oxygen atoms in total. The zero-order valence-corrected chi connectivity index (χ0v) is 13.0. The van der Waals surface area contributed by atoms with Crippen molar-refractivity contribution in [2.75, 3.05) is 18.4 Å². The minimum absolute atomic E-state index is 0.0492. The van der Waals surface area contributed by atoms with Crippen molar-refractivity contribution in [3.8, 4) is 0 Å². The van der Waals surface area contributed by atoms with Crippen molar-refractivity contribution in [3.05, 3.63) is 46.7 Å². The average molecular weight is 319 g/mol. The van der Waals surface area contributed by atoms with Crippen LogP contribution in [0.25, 0.3) is 0 Å². The first-order valence-electron chi connectivity index (χ1n) is 7.41. The van der Waals surface area contributed by atoms with Crippen LogP contribution in [0.5, 0.6) is 0 Å². The topological polar surface area (TPSA) is 54.0 Å². The molecule has 116 valence electrons. The standard InChI is InChI=1S/C16H18FN3OS/c17-13-3-1-2-11(8-13)9-14-10-19-16(22-14)20-15(21)12-4-6-18-7-5-12/h1-3,8,10,12,18H,4-7,9H2,(H,19,20,21). The molecule has 0 aliphatic carbocycles. The molecular formula is C16H18FN3OS. The van der Waals surface area contributed by atoms with Gasteiger partial charge in [0.05, 0.1) is 0 Å². The SMILES string of the molecule is O=C(Nc1ncc(Cc2cccc(F)c2)s1)C1CCNCC1. The van der Waals surface area contributed by atoms with E-state index in [1.807, 2.05) is 6.07 Å². The molecule has 0 saturated carbocycles. The van der Waals surface area contributed by atoms with E-state index in [4.69, 9.17) is 0 Å². The van der Waals surface area contributed by atoms with Crippen molar-refractivity contribution in [2.45, 2.75) is 19.3 Å². The van der Waals surface area contributed by atoms with Gasteiger partial charge in [0.1, 0.15) is 5.82 Å². The molecule has 1 aromatic heterocycles. The Labute approximate surface area is 132 Å². The van der Waals surface area contributed by atoms with E-state index in [1.54, 1.807) is 12.3 Å². The number of piperidine rings is 1. The van der Waals surface area contributed by atoms with Crippen LogP contribution in [0.3, 0.4) is 0 Å². The van der Waals surface area contributed by atoms with Gasteiger partial charge in [0.2, 0.25) is 5.91 Å². The molecule has 2 N–H and O–H groups in total. The number of carbonyl (C=O) groups excluding carboxylic acids is 1. The molecule has 3 rings (SSSR count). The average Bonchev–Trinajstić information content (AvgIpc) is 2.95. The second-order valence-electron chi connectivity index (χ2n) is 5.45. The van der Waals surface area contributed by atoms with Gasteiger partial charge in [0.25, 0.3) is 0 Å². The second kappa shape index (κ2) is 6.98. The lowest BCUT2D eigenvalue weighted by molar-refractivity contribution is -0.120. The van der Waals surface area contributed by atoms with Gasteiger partial charge in [-0.1, -0.05) is 12.1 Å². The third kappa shape index (κ3) is 3.90. The number of thiazole rings is 1. The summed E-state index contributed by atoms with van der Waals surface area (Å²) in [6.07, 6.45) is 4.10. The minimum Gasteiger partial charge on any atom is -0.317 e. The Bertz CT molecular complexity index is 652. The van der Waals surface area contributed by atoms with E-state index in [1.165, 1.54) is 23.5 Å². The van der Waals surface area contributed by atoms with Crippen LogP contribution in [0, 0.1) is 11.7 Å². The Kier molecular flexibility index (Phi) is 4.80. The summed E-state index contributed by atoms with van der Waals surface area (Å²) in [5.41, 5.74) is 0.903. The fourth-order valence-corrected chi connectivity index (χ4v) is 3.44. The normalized spacial score (nSPS) is 15.7. The van der Waals surface area contributed by atoms with E-state index < -0.39 is 0 Å². The predicted octanol–water partition coefficient (Wildman–Crippen LogP) is 2.81. The number of amides is 1. The lowest BCUT2D eigenvalue weighted by atomic mass is 9.97. The number of aromatic nitrogens is 1. The lowest BCUT2D eigenvalue weighted by Crippen LogP contribution is -2.34. The second-order valence-corrected chi connectivity index (χ2v) is 6.57. The number of benzene rings is 1. The van der Waals surface area contributed by atoms with Crippen LogP contribution in [-0.2, 0) is 11.2 Å². The summed E-state index contributed by atoms with van der Waals surface area (Å²) in [6, 6.07) is 6.54. The number of carbonyl (C=O) groups is 1. The first-order valence-corrected chi connectivity index (χ1v) is 8.23. The third-order valence-corrected chi connectivity index (χ3v) is 4.67. The van der Waals surface area contributed by atoms with E-state index in [2.05, 4.69) is 15.6 Å². The van der Waals surface area contributed by atoms with Crippen molar-refractivity contribution in [1.82, 2.24) is 10.3 Å². The molecule has 2 heterocycles. The minimum atomic E-state index is -0.235. The Morgan fingerprint density at radius 1 is 1.41 bits per heavy atom. The molecule has 1 aromatic carbocycles. The zero-order valence-electron chi connectivity index (χ0n) is 12.1. The molecule has 2 aromatic rings. The van der Waals surface area contributed by atoms with Gasteiger partial charge in [-0.2, -0.15) is 0 Å². The summed E-state index contributed by atoms with van der Waals surface area (Å²) in [5.74, 6) is -0.119. The molecule has 6 heteroatoms. The summed E-state index contributed by atoms with van der Waals surface area (Å²) in [5, 5.41) is 6.76. The van der Waals surface area contributed by atoms with E-state index in [0.29, 0.717) is 11.6 Å². The Morgan fingerprint density at radius 2 is 2.23 bits per heavy atom. The molecule has 0 bridgehead atoms. The molecule has 0 unspecified atom stereocenters. The fourth-order valence-electron chi connectivity index (χ4n) is 2.59. The lowest BCUT2D eigenvalue weighted by Gasteiger charge is -2.20. The van der Waals surface area contributed by atoms with Crippen LogP contribution in [0.4, 0.5) is 9.52 Å².